The zero-order valence-electron chi connectivity index (χ0n) is 21.2. The van der Waals surface area contributed by atoms with Crippen LogP contribution < -0.4 is 10.1 Å². The molecule has 1 aromatic carbocycles. The lowest BCUT2D eigenvalue weighted by atomic mass is 9.67. The van der Waals surface area contributed by atoms with Gasteiger partial charge in [0.25, 0.3) is 0 Å². The van der Waals surface area contributed by atoms with Gasteiger partial charge in [-0.1, -0.05) is 18.2 Å². The van der Waals surface area contributed by atoms with Gasteiger partial charge < -0.3 is 19.5 Å². The van der Waals surface area contributed by atoms with Crippen LogP contribution >= 0.6 is 11.3 Å². The Kier molecular flexibility index (Phi) is 7.64. The van der Waals surface area contributed by atoms with Crippen LogP contribution in [0.25, 0.3) is 0 Å². The second-order valence-corrected chi connectivity index (χ2v) is 9.77. The molecule has 2 heterocycles. The van der Waals surface area contributed by atoms with Crippen molar-refractivity contribution in [2.75, 3.05) is 20.3 Å². The molecule has 7 nitrogen and oxygen atoms in total. The van der Waals surface area contributed by atoms with Crippen molar-refractivity contribution in [3.8, 4) is 5.75 Å². The van der Waals surface area contributed by atoms with Crippen molar-refractivity contribution in [3.63, 3.8) is 0 Å². The van der Waals surface area contributed by atoms with Gasteiger partial charge in [-0.05, 0) is 62.8 Å². The average Bonchev–Trinajstić information content (AvgIpc) is 3.28. The molecule has 0 bridgehead atoms. The fraction of sp³-hybridized carbons (Fsp3) is 0.393. The summed E-state index contributed by atoms with van der Waals surface area (Å²) in [7, 11) is 1.57. The van der Waals surface area contributed by atoms with E-state index in [1.165, 1.54) is 11.3 Å². The van der Waals surface area contributed by atoms with Crippen LogP contribution in [0.2, 0.25) is 0 Å². The molecule has 8 heteroatoms. The molecule has 190 valence electrons. The maximum Gasteiger partial charge on any atom is 0.336 e. The Morgan fingerprint density at radius 3 is 2.44 bits per heavy atom. The second kappa shape index (κ2) is 10.7. The van der Waals surface area contributed by atoms with E-state index in [2.05, 4.69) is 5.32 Å². The first-order valence-electron chi connectivity index (χ1n) is 12.1. The Balaban J connectivity index is 1.91. The first kappa shape index (κ1) is 25.7. The summed E-state index contributed by atoms with van der Waals surface area (Å²) in [5, 5.41) is 5.27. The fourth-order valence-corrected chi connectivity index (χ4v) is 6.27. The molecule has 2 aromatic rings. The molecular formula is C28H31NO6S. The molecule has 2 aliphatic rings. The molecule has 0 spiro atoms. The van der Waals surface area contributed by atoms with Gasteiger partial charge in [0.1, 0.15) is 11.7 Å². The summed E-state index contributed by atoms with van der Waals surface area (Å²) in [5.74, 6) is -2.95. The van der Waals surface area contributed by atoms with Crippen molar-refractivity contribution < 1.29 is 28.6 Å². The molecular weight excluding hydrogens is 478 g/mol. The molecule has 0 radical (unpaired) electrons. The minimum Gasteiger partial charge on any atom is -0.496 e. The Bertz CT molecular complexity index is 1260. The maximum absolute atomic E-state index is 14.3. The number of hydrogen-bond acceptors (Lipinski definition) is 8. The summed E-state index contributed by atoms with van der Waals surface area (Å²) in [6.45, 7) is 7.63. The van der Waals surface area contributed by atoms with Crippen LogP contribution in [-0.2, 0) is 23.9 Å². The van der Waals surface area contributed by atoms with E-state index in [9.17, 15) is 14.4 Å². The number of nitrogens with one attached hydrogen (secondary N) is 1. The maximum atomic E-state index is 14.3. The number of benzene rings is 1. The average molecular weight is 510 g/mol. The molecule has 3 atom stereocenters. The van der Waals surface area contributed by atoms with E-state index in [1.807, 2.05) is 49.6 Å². The number of Topliss-reactive ketones (excluding diaryl/α,β-unsaturated/α-hetero) is 1. The van der Waals surface area contributed by atoms with Crippen LogP contribution in [-0.4, -0.2) is 38.0 Å². The molecule has 1 N–H and O–H groups in total. The molecule has 0 saturated carbocycles. The predicted octanol–water partition coefficient (Wildman–Crippen LogP) is 4.78. The standard InChI is InChI=1S/C28H31NO6S/c1-6-34-27(31)21-16(4)29-19-14-18(17-10-8-9-11-20(17)33-5)22(28(32)35-7-2)25(30)23(19)24(21)26-15(3)12-13-36-26/h8-13,18,22,24,29H,6-7,14H2,1-5H3/t18-,22-,24+/m1/s1. The van der Waals surface area contributed by atoms with Crippen LogP contribution in [0.4, 0.5) is 0 Å². The van der Waals surface area contributed by atoms with Crippen molar-refractivity contribution in [1.29, 1.82) is 0 Å². The van der Waals surface area contributed by atoms with Crippen LogP contribution in [0.15, 0.2) is 58.3 Å². The van der Waals surface area contributed by atoms with E-state index in [4.69, 9.17) is 14.2 Å². The van der Waals surface area contributed by atoms with E-state index in [0.717, 1.165) is 16.0 Å². The predicted molar refractivity (Wildman–Crippen MR) is 137 cm³/mol. The molecule has 0 saturated heterocycles. The summed E-state index contributed by atoms with van der Waals surface area (Å²) in [6.07, 6.45) is 0.388. The summed E-state index contributed by atoms with van der Waals surface area (Å²) in [6, 6.07) is 9.38. The van der Waals surface area contributed by atoms with Crippen molar-refractivity contribution in [1.82, 2.24) is 5.32 Å². The molecule has 36 heavy (non-hydrogen) atoms. The van der Waals surface area contributed by atoms with E-state index in [0.29, 0.717) is 34.7 Å². The van der Waals surface area contributed by atoms with E-state index in [-0.39, 0.29) is 19.0 Å². The number of carbonyl (C=O) groups excluding carboxylic acids is 3. The Morgan fingerprint density at radius 2 is 1.81 bits per heavy atom. The van der Waals surface area contributed by atoms with Crippen LogP contribution in [0.3, 0.4) is 0 Å². The van der Waals surface area contributed by atoms with Gasteiger partial charge in [0.2, 0.25) is 0 Å². The zero-order chi connectivity index (χ0) is 26.0. The fourth-order valence-electron chi connectivity index (χ4n) is 5.22. The van der Waals surface area contributed by atoms with E-state index >= 15 is 0 Å². The third-order valence-corrected chi connectivity index (χ3v) is 7.84. The van der Waals surface area contributed by atoms with Crippen molar-refractivity contribution in [2.45, 2.75) is 46.0 Å². The number of aryl methyl sites for hydroxylation is 1. The monoisotopic (exact) mass is 509 g/mol. The molecule has 1 aromatic heterocycles. The van der Waals surface area contributed by atoms with Crippen molar-refractivity contribution in [2.24, 2.45) is 5.92 Å². The van der Waals surface area contributed by atoms with Crippen molar-refractivity contribution in [3.05, 3.63) is 74.3 Å². The Morgan fingerprint density at radius 1 is 1.08 bits per heavy atom. The molecule has 4 rings (SSSR count). The summed E-state index contributed by atoms with van der Waals surface area (Å²) in [5.41, 5.74) is 3.92. The third-order valence-electron chi connectivity index (χ3n) is 6.76. The minimum absolute atomic E-state index is 0.159. The second-order valence-electron chi connectivity index (χ2n) is 8.82. The lowest BCUT2D eigenvalue weighted by Crippen LogP contribution is -2.43. The SMILES string of the molecule is CCOC(=O)C1=C(C)NC2=C(C(=O)[C@H](C(=O)OCC)[C@@H](c3ccccc3OC)C2)[C@H]1c1sccc1C. The number of ether oxygens (including phenoxy) is 3. The number of allylic oxidation sites excluding steroid dienone is 3. The molecule has 1 aliphatic carbocycles. The highest BCUT2D eigenvalue weighted by atomic mass is 32.1. The lowest BCUT2D eigenvalue weighted by molar-refractivity contribution is -0.152. The highest BCUT2D eigenvalue weighted by Crippen LogP contribution is 2.50. The number of thiophene rings is 1. The summed E-state index contributed by atoms with van der Waals surface area (Å²) >= 11 is 1.49. The largest absolute Gasteiger partial charge is 0.496 e. The van der Waals surface area contributed by atoms with Crippen molar-refractivity contribution >= 4 is 29.1 Å². The molecule has 0 unspecified atom stereocenters. The number of rotatable bonds is 7. The van der Waals surface area contributed by atoms with Gasteiger partial charge in [0, 0.05) is 27.8 Å². The third kappa shape index (κ3) is 4.46. The smallest absolute Gasteiger partial charge is 0.336 e. The summed E-state index contributed by atoms with van der Waals surface area (Å²) in [4.78, 5) is 41.6. The number of methoxy groups -OCH3 is 1. The number of ketones is 1. The number of esters is 2. The molecule has 1 aliphatic heterocycles. The van der Waals surface area contributed by atoms with E-state index < -0.39 is 29.7 Å². The van der Waals surface area contributed by atoms with Gasteiger partial charge in [0.05, 0.1) is 31.8 Å². The zero-order valence-corrected chi connectivity index (χ0v) is 22.0. The highest BCUT2D eigenvalue weighted by molar-refractivity contribution is 7.10. The van der Waals surface area contributed by atoms with Gasteiger partial charge >= 0.3 is 11.9 Å². The lowest BCUT2D eigenvalue weighted by Gasteiger charge is -2.39. The normalized spacial score (nSPS) is 21.6. The number of para-hydroxylation sites is 1. The first-order valence-corrected chi connectivity index (χ1v) is 13.0. The Labute approximate surface area is 215 Å². The number of hydrogen-bond donors (Lipinski definition) is 1. The molecule has 0 fully saturated rings. The van der Waals surface area contributed by atoms with Gasteiger partial charge in [-0.25, -0.2) is 4.79 Å². The number of dihydropyridines is 1. The van der Waals surface area contributed by atoms with Crippen LogP contribution in [0.5, 0.6) is 5.75 Å². The topological polar surface area (TPSA) is 90.9 Å². The van der Waals surface area contributed by atoms with Crippen LogP contribution in [0.1, 0.15) is 55.0 Å². The van der Waals surface area contributed by atoms with Gasteiger partial charge in [-0.15, -0.1) is 11.3 Å². The summed E-state index contributed by atoms with van der Waals surface area (Å²) < 4.78 is 16.4. The quantitative estimate of drug-likeness (QED) is 0.424. The van der Waals surface area contributed by atoms with Crippen LogP contribution in [0, 0.1) is 12.8 Å². The van der Waals surface area contributed by atoms with Gasteiger partial charge in [-0.3, -0.25) is 9.59 Å². The Hall–Kier alpha value is -3.39. The highest BCUT2D eigenvalue weighted by Gasteiger charge is 2.50. The van der Waals surface area contributed by atoms with Gasteiger partial charge in [0.15, 0.2) is 5.78 Å². The molecule has 0 amide bonds. The van der Waals surface area contributed by atoms with Gasteiger partial charge in [-0.2, -0.15) is 0 Å². The first-order chi connectivity index (χ1) is 17.3. The number of carbonyl (C=O) groups is 3. The van der Waals surface area contributed by atoms with E-state index in [1.54, 1.807) is 21.0 Å². The minimum atomic E-state index is -1.06.